The normalized spacial score (nSPS) is 15.6. The fourth-order valence-electron chi connectivity index (χ4n) is 2.89. The van der Waals surface area contributed by atoms with Crippen LogP contribution in [0.5, 0.6) is 0 Å². The zero-order valence-electron chi connectivity index (χ0n) is 14.4. The maximum absolute atomic E-state index is 12.2. The summed E-state index contributed by atoms with van der Waals surface area (Å²) in [6, 6.07) is 0.117. The van der Waals surface area contributed by atoms with Crippen molar-refractivity contribution >= 4 is 5.97 Å². The number of aryl methyl sites for hydroxylation is 1. The second-order valence-corrected chi connectivity index (χ2v) is 5.80. The summed E-state index contributed by atoms with van der Waals surface area (Å²) in [7, 11) is 1.79. The Balaban J connectivity index is 2.98. The molecule has 5 heteroatoms. The number of carbonyl (C=O) groups is 1. The van der Waals surface area contributed by atoms with E-state index in [1.54, 1.807) is 7.05 Å². The summed E-state index contributed by atoms with van der Waals surface area (Å²) in [6.45, 7) is 12.5. The van der Waals surface area contributed by atoms with Gasteiger partial charge in [-0.2, -0.15) is 5.10 Å². The molecule has 0 aliphatic rings. The minimum atomic E-state index is -0.700. The van der Waals surface area contributed by atoms with Crippen LogP contribution in [-0.4, -0.2) is 34.9 Å². The van der Waals surface area contributed by atoms with Gasteiger partial charge in [0.15, 0.2) is 0 Å². The number of esters is 1. The first-order valence-electron chi connectivity index (χ1n) is 7.71. The average Bonchev–Trinajstić information content (AvgIpc) is 2.73. The van der Waals surface area contributed by atoms with Crippen LogP contribution in [0.25, 0.3) is 0 Å². The maximum Gasteiger partial charge on any atom is 0.326 e. The molecule has 1 heterocycles. The van der Waals surface area contributed by atoms with E-state index in [4.69, 9.17) is 4.74 Å². The van der Waals surface area contributed by atoms with Gasteiger partial charge >= 0.3 is 5.97 Å². The van der Waals surface area contributed by atoms with Crippen LogP contribution in [0.1, 0.15) is 57.1 Å². The van der Waals surface area contributed by atoms with E-state index in [-0.39, 0.29) is 12.0 Å². The molecule has 0 aliphatic carbocycles. The van der Waals surface area contributed by atoms with Crippen LogP contribution in [-0.2, 0) is 16.0 Å². The van der Waals surface area contributed by atoms with E-state index < -0.39 is 5.54 Å². The number of hydrogen-bond acceptors (Lipinski definition) is 4. The molecule has 0 fully saturated rings. The molecule has 1 N–H and O–H groups in total. The van der Waals surface area contributed by atoms with Gasteiger partial charge in [0.2, 0.25) is 0 Å². The third kappa shape index (κ3) is 3.64. The Kier molecular flexibility index (Phi) is 5.96. The number of aromatic nitrogens is 2. The lowest BCUT2D eigenvalue weighted by Crippen LogP contribution is -2.50. The van der Waals surface area contributed by atoms with Gasteiger partial charge in [-0.05, 0) is 60.1 Å². The van der Waals surface area contributed by atoms with Gasteiger partial charge in [-0.15, -0.1) is 0 Å². The van der Waals surface area contributed by atoms with Crippen LogP contribution in [0, 0.1) is 13.8 Å². The van der Waals surface area contributed by atoms with E-state index in [0.29, 0.717) is 13.0 Å². The Labute approximate surface area is 128 Å². The van der Waals surface area contributed by atoms with Crippen LogP contribution in [0.2, 0.25) is 0 Å². The zero-order valence-corrected chi connectivity index (χ0v) is 14.4. The molecule has 1 aromatic rings. The largest absolute Gasteiger partial charge is 0.465 e. The highest BCUT2D eigenvalue weighted by molar-refractivity contribution is 5.80. The van der Waals surface area contributed by atoms with Crippen molar-refractivity contribution in [2.75, 3.05) is 13.7 Å². The third-order valence-electron chi connectivity index (χ3n) is 4.23. The number of likely N-dealkylation sites (N-methyl/N-ethyl adjacent to an activating group) is 1. The molecule has 0 aromatic carbocycles. The molecular weight excluding hydrogens is 266 g/mol. The second kappa shape index (κ2) is 7.07. The van der Waals surface area contributed by atoms with Crippen LogP contribution in [0.3, 0.4) is 0 Å². The topological polar surface area (TPSA) is 56.2 Å². The first kappa shape index (κ1) is 17.7. The summed E-state index contributed by atoms with van der Waals surface area (Å²) < 4.78 is 7.21. The summed E-state index contributed by atoms with van der Waals surface area (Å²) in [5, 5.41) is 7.74. The Morgan fingerprint density at radius 2 is 2.05 bits per heavy atom. The number of hydrogen-bond donors (Lipinski definition) is 1. The zero-order chi connectivity index (χ0) is 16.2. The predicted molar refractivity (Wildman–Crippen MR) is 84.5 cm³/mol. The van der Waals surface area contributed by atoms with Gasteiger partial charge in [0, 0.05) is 5.69 Å². The van der Waals surface area contributed by atoms with Crippen LogP contribution >= 0.6 is 0 Å². The molecular formula is C16H29N3O2. The van der Waals surface area contributed by atoms with Crippen molar-refractivity contribution in [3.05, 3.63) is 17.0 Å². The van der Waals surface area contributed by atoms with E-state index >= 15 is 0 Å². The quantitative estimate of drug-likeness (QED) is 0.785. The number of ether oxygens (including phenoxy) is 1. The molecule has 0 saturated heterocycles. The van der Waals surface area contributed by atoms with Crippen LogP contribution in [0.4, 0.5) is 0 Å². The lowest BCUT2D eigenvalue weighted by Gasteiger charge is -2.30. The fourth-order valence-corrected chi connectivity index (χ4v) is 2.89. The van der Waals surface area contributed by atoms with Crippen molar-refractivity contribution in [2.45, 2.75) is 66.0 Å². The highest BCUT2D eigenvalue weighted by atomic mass is 16.5. The number of nitrogens with one attached hydrogen (secondary N) is 1. The molecule has 5 nitrogen and oxygen atoms in total. The van der Waals surface area contributed by atoms with Gasteiger partial charge in [-0.3, -0.25) is 9.48 Å². The molecule has 1 aromatic heterocycles. The predicted octanol–water partition coefficient (Wildman–Crippen LogP) is 2.55. The van der Waals surface area contributed by atoms with Gasteiger partial charge in [0.1, 0.15) is 5.54 Å². The molecule has 1 rings (SSSR count). The lowest BCUT2D eigenvalue weighted by atomic mass is 9.93. The van der Waals surface area contributed by atoms with Crippen LogP contribution < -0.4 is 5.32 Å². The lowest BCUT2D eigenvalue weighted by molar-refractivity contribution is -0.151. The fraction of sp³-hybridized carbons (Fsp3) is 0.750. The highest BCUT2D eigenvalue weighted by Gasteiger charge is 2.35. The average molecular weight is 295 g/mol. The molecule has 0 aliphatic heterocycles. The smallest absolute Gasteiger partial charge is 0.326 e. The summed E-state index contributed by atoms with van der Waals surface area (Å²) in [4.78, 5) is 12.2. The van der Waals surface area contributed by atoms with E-state index in [1.165, 1.54) is 11.3 Å². The Bertz CT molecular complexity index is 496. The monoisotopic (exact) mass is 295 g/mol. The number of nitrogens with zero attached hydrogens (tertiary/aromatic N) is 2. The van der Waals surface area contributed by atoms with Crippen LogP contribution in [0.15, 0.2) is 0 Å². The summed E-state index contributed by atoms with van der Waals surface area (Å²) >= 11 is 0. The van der Waals surface area contributed by atoms with Gasteiger partial charge in [-0.25, -0.2) is 0 Å². The van der Waals surface area contributed by atoms with Crippen molar-refractivity contribution in [1.82, 2.24) is 15.1 Å². The molecule has 0 radical (unpaired) electrons. The first-order chi connectivity index (χ1) is 9.80. The standard InChI is InChI=1S/C16H29N3O2/c1-8-14-12(4)18-19(13(14)5)11(3)10-16(6,17-7)15(20)21-9-2/h11,17H,8-10H2,1-7H3. The Morgan fingerprint density at radius 1 is 1.43 bits per heavy atom. The Hall–Kier alpha value is -1.36. The van der Waals surface area contributed by atoms with E-state index in [0.717, 1.165) is 12.1 Å². The van der Waals surface area contributed by atoms with Crippen molar-refractivity contribution in [1.29, 1.82) is 0 Å². The van der Waals surface area contributed by atoms with E-state index in [2.05, 4.69) is 31.2 Å². The number of carbonyl (C=O) groups excluding carboxylic acids is 1. The van der Waals surface area contributed by atoms with Crippen molar-refractivity contribution < 1.29 is 9.53 Å². The van der Waals surface area contributed by atoms with Gasteiger partial charge < -0.3 is 10.1 Å². The minimum absolute atomic E-state index is 0.117. The molecule has 0 spiro atoms. The third-order valence-corrected chi connectivity index (χ3v) is 4.23. The summed E-state index contributed by atoms with van der Waals surface area (Å²) in [5.41, 5.74) is 2.85. The molecule has 0 saturated carbocycles. The van der Waals surface area contributed by atoms with Crippen molar-refractivity contribution in [3.63, 3.8) is 0 Å². The van der Waals surface area contributed by atoms with Gasteiger partial charge in [0.05, 0.1) is 18.3 Å². The molecule has 120 valence electrons. The minimum Gasteiger partial charge on any atom is -0.465 e. The molecule has 2 unspecified atom stereocenters. The molecule has 0 bridgehead atoms. The van der Waals surface area contributed by atoms with E-state index in [1.807, 2.05) is 25.5 Å². The van der Waals surface area contributed by atoms with Gasteiger partial charge in [-0.1, -0.05) is 6.92 Å². The first-order valence-corrected chi connectivity index (χ1v) is 7.71. The second-order valence-electron chi connectivity index (χ2n) is 5.80. The summed E-state index contributed by atoms with van der Waals surface area (Å²) in [5.74, 6) is -0.211. The molecule has 21 heavy (non-hydrogen) atoms. The van der Waals surface area contributed by atoms with Crippen molar-refractivity contribution in [2.24, 2.45) is 0 Å². The Morgan fingerprint density at radius 3 is 2.48 bits per heavy atom. The maximum atomic E-state index is 12.2. The molecule has 2 atom stereocenters. The van der Waals surface area contributed by atoms with E-state index in [9.17, 15) is 4.79 Å². The van der Waals surface area contributed by atoms with Crippen molar-refractivity contribution in [3.8, 4) is 0 Å². The SMILES string of the molecule is CCOC(=O)C(C)(CC(C)n1nc(C)c(CC)c1C)NC. The molecule has 0 amide bonds. The number of rotatable bonds is 7. The summed E-state index contributed by atoms with van der Waals surface area (Å²) in [6.07, 6.45) is 1.61. The highest BCUT2D eigenvalue weighted by Crippen LogP contribution is 2.25. The van der Waals surface area contributed by atoms with Gasteiger partial charge in [0.25, 0.3) is 0 Å².